The van der Waals surface area contributed by atoms with Crippen molar-refractivity contribution < 1.29 is 14.6 Å². The minimum absolute atomic E-state index is 0.0717. The van der Waals surface area contributed by atoms with E-state index in [4.69, 9.17) is 4.74 Å². The normalized spacial score (nSPS) is 20.9. The van der Waals surface area contributed by atoms with E-state index in [1.54, 1.807) is 11.3 Å². The highest BCUT2D eigenvalue weighted by Crippen LogP contribution is 2.35. The lowest BCUT2D eigenvalue weighted by molar-refractivity contribution is -0.156. The maximum Gasteiger partial charge on any atom is 0.309 e. The molecule has 4 rings (SSSR count). The molecule has 1 aliphatic rings. The Morgan fingerprint density at radius 2 is 2.12 bits per heavy atom. The number of pyridine rings is 1. The van der Waals surface area contributed by atoms with Gasteiger partial charge in [0.05, 0.1) is 18.0 Å². The number of aromatic nitrogens is 1. The summed E-state index contributed by atoms with van der Waals surface area (Å²) in [6, 6.07) is 12.2. The van der Waals surface area contributed by atoms with Gasteiger partial charge in [0.1, 0.15) is 6.10 Å². The minimum Gasteiger partial charge on any atom is -0.458 e. The molecule has 0 radical (unpaired) electrons. The summed E-state index contributed by atoms with van der Waals surface area (Å²) in [5, 5.41) is 12.9. The predicted molar refractivity (Wildman–Crippen MR) is 99.2 cm³/mol. The third-order valence-corrected chi connectivity index (χ3v) is 5.14. The van der Waals surface area contributed by atoms with Gasteiger partial charge in [-0.25, -0.2) is 0 Å². The zero-order chi connectivity index (χ0) is 17.2. The lowest BCUT2D eigenvalue weighted by Crippen LogP contribution is -2.31. The van der Waals surface area contributed by atoms with Gasteiger partial charge in [-0.3, -0.25) is 9.78 Å². The Balaban J connectivity index is 1.75. The molecule has 1 saturated heterocycles. The van der Waals surface area contributed by atoms with E-state index in [1.807, 2.05) is 42.6 Å². The van der Waals surface area contributed by atoms with E-state index in [-0.39, 0.29) is 12.4 Å². The van der Waals surface area contributed by atoms with Gasteiger partial charge in [-0.15, -0.1) is 11.3 Å². The summed E-state index contributed by atoms with van der Waals surface area (Å²) in [4.78, 5) is 17.2. The Morgan fingerprint density at radius 1 is 1.24 bits per heavy atom. The summed E-state index contributed by atoms with van der Waals surface area (Å²) in [5.74, 6) is -0.358. The molecule has 5 heteroatoms. The van der Waals surface area contributed by atoms with Gasteiger partial charge in [-0.1, -0.05) is 30.3 Å². The smallest absolute Gasteiger partial charge is 0.309 e. The molecule has 2 atom stereocenters. The van der Waals surface area contributed by atoms with Crippen LogP contribution in [0.25, 0.3) is 27.4 Å². The molecule has 3 aromatic rings. The number of nitrogens with zero attached hydrogens (tertiary/aromatic N) is 1. The van der Waals surface area contributed by atoms with Crippen molar-refractivity contribution in [1.82, 2.24) is 4.98 Å². The van der Waals surface area contributed by atoms with Gasteiger partial charge >= 0.3 is 5.97 Å². The number of para-hydroxylation sites is 1. The molecule has 0 unspecified atom stereocenters. The molecule has 0 amide bonds. The number of carbonyl (C=O) groups is 1. The molecule has 126 valence electrons. The van der Waals surface area contributed by atoms with Crippen LogP contribution in [-0.2, 0) is 9.53 Å². The largest absolute Gasteiger partial charge is 0.458 e. The number of ether oxygens (including phenoxy) is 1. The highest BCUT2D eigenvalue weighted by atomic mass is 32.1. The van der Waals surface area contributed by atoms with E-state index in [1.165, 1.54) is 4.88 Å². The average Bonchev–Trinajstić information content (AvgIpc) is 3.12. The third-order valence-electron chi connectivity index (χ3n) is 4.25. The Kier molecular flexibility index (Phi) is 4.34. The maximum absolute atomic E-state index is 11.5. The van der Waals surface area contributed by atoms with Crippen LogP contribution in [0, 0.1) is 0 Å². The number of fused-ring (bicyclic) bond motifs is 1. The van der Waals surface area contributed by atoms with E-state index >= 15 is 0 Å². The molecule has 1 N–H and O–H groups in total. The van der Waals surface area contributed by atoms with E-state index in [0.29, 0.717) is 6.42 Å². The van der Waals surface area contributed by atoms with E-state index < -0.39 is 12.2 Å². The molecule has 1 aliphatic heterocycles. The van der Waals surface area contributed by atoms with E-state index in [9.17, 15) is 9.90 Å². The number of rotatable bonds is 3. The second-order valence-corrected chi connectivity index (χ2v) is 7.01. The van der Waals surface area contributed by atoms with Crippen LogP contribution >= 0.6 is 11.3 Å². The fourth-order valence-corrected chi connectivity index (χ4v) is 3.92. The Bertz CT molecular complexity index is 933. The molecule has 2 aromatic heterocycles. The highest BCUT2D eigenvalue weighted by molar-refractivity contribution is 7.13. The van der Waals surface area contributed by atoms with Crippen LogP contribution in [0.15, 0.2) is 54.1 Å². The number of cyclic esters (lactones) is 1. The number of hydrogen-bond donors (Lipinski definition) is 1. The highest BCUT2D eigenvalue weighted by Gasteiger charge is 2.25. The summed E-state index contributed by atoms with van der Waals surface area (Å²) < 4.78 is 5.29. The first-order chi connectivity index (χ1) is 12.2. The Morgan fingerprint density at radius 3 is 2.92 bits per heavy atom. The summed E-state index contributed by atoms with van der Waals surface area (Å²) in [5.41, 5.74) is 3.04. The van der Waals surface area contributed by atoms with Crippen LogP contribution in [-0.4, -0.2) is 28.3 Å². The molecule has 0 saturated carbocycles. The van der Waals surface area contributed by atoms with Crippen molar-refractivity contribution >= 4 is 34.3 Å². The number of carbonyl (C=O) groups excluding carboxylic acids is 1. The van der Waals surface area contributed by atoms with E-state index in [0.717, 1.165) is 22.0 Å². The first-order valence-corrected chi connectivity index (χ1v) is 9.06. The number of aliphatic hydroxyl groups is 1. The molecule has 1 aromatic carbocycles. The van der Waals surface area contributed by atoms with Crippen LogP contribution in [0.5, 0.6) is 0 Å². The predicted octanol–water partition coefficient (Wildman–Crippen LogP) is 4.04. The second kappa shape index (κ2) is 6.78. The fourth-order valence-electron chi connectivity index (χ4n) is 3.12. The number of aliphatic hydroxyl groups excluding tert-OH is 1. The zero-order valence-corrected chi connectivity index (χ0v) is 14.3. The fraction of sp³-hybridized carbons (Fsp3) is 0.200. The van der Waals surface area contributed by atoms with Crippen molar-refractivity contribution in [3.63, 3.8) is 0 Å². The van der Waals surface area contributed by atoms with Gasteiger partial charge in [0, 0.05) is 34.0 Å². The summed E-state index contributed by atoms with van der Waals surface area (Å²) >= 11 is 1.68. The quantitative estimate of drug-likeness (QED) is 0.724. The first kappa shape index (κ1) is 16.0. The van der Waals surface area contributed by atoms with Gasteiger partial charge in [0.15, 0.2) is 0 Å². The zero-order valence-electron chi connectivity index (χ0n) is 13.5. The van der Waals surface area contributed by atoms with Crippen LogP contribution in [0.1, 0.15) is 18.4 Å². The summed E-state index contributed by atoms with van der Waals surface area (Å²) in [6.45, 7) is 0. The molecular formula is C20H17NO3S. The molecule has 25 heavy (non-hydrogen) atoms. The van der Waals surface area contributed by atoms with Crippen molar-refractivity contribution in [2.75, 3.05) is 0 Å². The number of hydrogen-bond acceptors (Lipinski definition) is 5. The van der Waals surface area contributed by atoms with Gasteiger partial charge in [0.2, 0.25) is 0 Å². The number of benzene rings is 1. The molecule has 1 fully saturated rings. The van der Waals surface area contributed by atoms with Crippen LogP contribution in [0.3, 0.4) is 0 Å². The summed E-state index contributed by atoms with van der Waals surface area (Å²) in [7, 11) is 0. The van der Waals surface area contributed by atoms with Gasteiger partial charge in [-0.2, -0.15) is 0 Å². The van der Waals surface area contributed by atoms with Crippen molar-refractivity contribution in [3.05, 3.63) is 59.6 Å². The second-order valence-electron chi connectivity index (χ2n) is 6.06. The molecule has 3 heterocycles. The number of esters is 1. The molecule has 0 bridgehead atoms. The Labute approximate surface area is 149 Å². The monoisotopic (exact) mass is 351 g/mol. The van der Waals surface area contributed by atoms with Crippen LogP contribution in [0.4, 0.5) is 0 Å². The van der Waals surface area contributed by atoms with E-state index in [2.05, 4.69) is 22.5 Å². The first-order valence-electron chi connectivity index (χ1n) is 8.18. The van der Waals surface area contributed by atoms with Crippen molar-refractivity contribution in [3.8, 4) is 10.4 Å². The van der Waals surface area contributed by atoms with Gasteiger partial charge in [0.25, 0.3) is 0 Å². The molecule has 0 spiro atoms. The Hall–Kier alpha value is -2.50. The lowest BCUT2D eigenvalue weighted by atomic mass is 10.00. The SMILES string of the molecule is O=C1C[C@H](O)C[C@@H](/C=C/c2cnc3ccccc3c2-c2cccs2)O1. The van der Waals surface area contributed by atoms with Crippen molar-refractivity contribution in [1.29, 1.82) is 0 Å². The van der Waals surface area contributed by atoms with Crippen molar-refractivity contribution in [2.45, 2.75) is 25.0 Å². The summed E-state index contributed by atoms with van der Waals surface area (Å²) in [6.07, 6.45) is 5.07. The topological polar surface area (TPSA) is 59.4 Å². The molecular weight excluding hydrogens is 334 g/mol. The standard InChI is InChI=1S/C20H17NO3S/c22-14-10-15(24-19(23)11-14)8-7-13-12-21-17-5-2-1-4-16(17)20(13)18-6-3-9-25-18/h1-9,12,14-15,22H,10-11H2/b8-7+/t14-,15-/m1/s1. The van der Waals surface area contributed by atoms with Crippen molar-refractivity contribution in [2.24, 2.45) is 0 Å². The third kappa shape index (κ3) is 3.34. The van der Waals surface area contributed by atoms with Gasteiger partial charge < -0.3 is 9.84 Å². The molecule has 0 aliphatic carbocycles. The number of thiophene rings is 1. The average molecular weight is 351 g/mol. The van der Waals surface area contributed by atoms with Crippen LogP contribution < -0.4 is 0 Å². The maximum atomic E-state index is 11.5. The minimum atomic E-state index is -0.637. The van der Waals surface area contributed by atoms with Gasteiger partial charge in [-0.05, 0) is 23.6 Å². The lowest BCUT2D eigenvalue weighted by Gasteiger charge is -2.23. The van der Waals surface area contributed by atoms with Crippen LogP contribution in [0.2, 0.25) is 0 Å². The molecule has 4 nitrogen and oxygen atoms in total.